The van der Waals surface area contributed by atoms with Crippen molar-refractivity contribution in [1.82, 2.24) is 9.78 Å². The van der Waals surface area contributed by atoms with Gasteiger partial charge in [-0.25, -0.2) is 0 Å². The average molecular weight is 480 g/mol. The first-order valence-electron chi connectivity index (χ1n) is 9.83. The lowest BCUT2D eigenvalue weighted by Crippen LogP contribution is -2.10. The molecule has 1 N–H and O–H groups in total. The molecule has 0 spiro atoms. The van der Waals surface area contributed by atoms with Gasteiger partial charge < -0.3 is 14.5 Å². The smallest absolute Gasteiger partial charge is 0.291 e. The van der Waals surface area contributed by atoms with Gasteiger partial charge in [0.05, 0.1) is 18.4 Å². The first-order valence-corrected chi connectivity index (χ1v) is 10.6. The fraction of sp³-hybridized carbons (Fsp3) is 0.167. The van der Waals surface area contributed by atoms with E-state index in [1.54, 1.807) is 29.2 Å². The van der Waals surface area contributed by atoms with Crippen molar-refractivity contribution in [1.29, 1.82) is 0 Å². The monoisotopic (exact) mass is 479 g/mol. The van der Waals surface area contributed by atoms with Gasteiger partial charge >= 0.3 is 0 Å². The maximum atomic E-state index is 12.5. The van der Waals surface area contributed by atoms with Gasteiger partial charge in [-0.2, -0.15) is 5.10 Å². The van der Waals surface area contributed by atoms with E-state index < -0.39 is 0 Å². The van der Waals surface area contributed by atoms with Crippen molar-refractivity contribution in [3.63, 3.8) is 0 Å². The Labute approximate surface area is 189 Å². The summed E-state index contributed by atoms with van der Waals surface area (Å²) in [6.45, 7) is 4.91. The van der Waals surface area contributed by atoms with E-state index in [0.717, 1.165) is 26.9 Å². The molecular formula is C24H22BrN3O3. The summed E-state index contributed by atoms with van der Waals surface area (Å²) in [4.78, 5) is 12.5. The largest absolute Gasteiger partial charge is 0.486 e. The highest BCUT2D eigenvalue weighted by molar-refractivity contribution is 9.10. The Bertz CT molecular complexity index is 1170. The summed E-state index contributed by atoms with van der Waals surface area (Å²) in [6.07, 6.45) is 3.40. The number of amides is 1. The van der Waals surface area contributed by atoms with Crippen LogP contribution in [0, 0.1) is 13.8 Å². The minimum atomic E-state index is -0.333. The Morgan fingerprint density at radius 2 is 1.84 bits per heavy atom. The maximum Gasteiger partial charge on any atom is 0.291 e. The zero-order chi connectivity index (χ0) is 21.8. The molecule has 4 rings (SSSR count). The van der Waals surface area contributed by atoms with Gasteiger partial charge in [0, 0.05) is 10.7 Å². The molecule has 6 nitrogen and oxygen atoms in total. The van der Waals surface area contributed by atoms with E-state index >= 15 is 0 Å². The molecule has 2 aromatic heterocycles. The highest BCUT2D eigenvalue weighted by atomic mass is 79.9. The van der Waals surface area contributed by atoms with Gasteiger partial charge in [-0.05, 0) is 66.9 Å². The number of carbonyl (C=O) groups is 1. The summed E-state index contributed by atoms with van der Waals surface area (Å²) in [5.41, 5.74) is 3.99. The van der Waals surface area contributed by atoms with E-state index in [-0.39, 0.29) is 18.3 Å². The average Bonchev–Trinajstić information content (AvgIpc) is 3.37. The van der Waals surface area contributed by atoms with E-state index in [9.17, 15) is 4.79 Å². The number of hydrogen-bond donors (Lipinski definition) is 1. The van der Waals surface area contributed by atoms with Crippen LogP contribution in [-0.2, 0) is 13.2 Å². The van der Waals surface area contributed by atoms with Crippen LogP contribution in [0.15, 0.2) is 75.9 Å². The number of nitrogens with one attached hydrogen (secondary N) is 1. The number of nitrogens with zero attached hydrogens (tertiary/aromatic N) is 2. The van der Waals surface area contributed by atoms with Crippen molar-refractivity contribution in [2.45, 2.75) is 27.0 Å². The number of halogens is 1. The molecule has 0 fully saturated rings. The molecule has 4 aromatic rings. The van der Waals surface area contributed by atoms with Gasteiger partial charge in [0.25, 0.3) is 5.91 Å². The lowest BCUT2D eigenvalue weighted by molar-refractivity contribution is 0.0992. The standard InChI is InChI=1S/C24H22BrN3O3/c1-16-9-17(2)11-22(10-16)30-15-21-7-8-23(31-21)24(29)27-20-12-26-28(14-20)13-18-3-5-19(25)6-4-18/h3-12,14H,13,15H2,1-2H3,(H,27,29). The predicted octanol–water partition coefficient (Wildman–Crippen LogP) is 5.74. The number of ether oxygens (including phenoxy) is 1. The molecule has 0 radical (unpaired) electrons. The minimum absolute atomic E-state index is 0.222. The van der Waals surface area contributed by atoms with Crippen molar-refractivity contribution in [2.24, 2.45) is 0 Å². The number of anilines is 1. The van der Waals surface area contributed by atoms with Crippen LogP contribution in [-0.4, -0.2) is 15.7 Å². The molecule has 7 heteroatoms. The molecular weight excluding hydrogens is 458 g/mol. The maximum absolute atomic E-state index is 12.5. The van der Waals surface area contributed by atoms with Crippen molar-refractivity contribution < 1.29 is 13.9 Å². The van der Waals surface area contributed by atoms with Gasteiger partial charge in [0.2, 0.25) is 0 Å². The molecule has 1 amide bonds. The molecule has 0 aliphatic carbocycles. The van der Waals surface area contributed by atoms with Gasteiger partial charge in [0.15, 0.2) is 5.76 Å². The van der Waals surface area contributed by atoms with Crippen LogP contribution in [0.1, 0.15) is 33.0 Å². The molecule has 0 aliphatic rings. The van der Waals surface area contributed by atoms with E-state index in [4.69, 9.17) is 9.15 Å². The molecule has 0 atom stereocenters. The molecule has 0 saturated carbocycles. The number of aromatic nitrogens is 2. The molecule has 2 aromatic carbocycles. The molecule has 0 saturated heterocycles. The Kier molecular flexibility index (Phi) is 6.23. The first-order chi connectivity index (χ1) is 14.9. The third kappa shape index (κ3) is 5.64. The summed E-state index contributed by atoms with van der Waals surface area (Å²) >= 11 is 3.43. The van der Waals surface area contributed by atoms with Crippen LogP contribution in [0.3, 0.4) is 0 Å². The van der Waals surface area contributed by atoms with Crippen LogP contribution in [0.25, 0.3) is 0 Å². The third-order valence-electron chi connectivity index (χ3n) is 4.61. The summed E-state index contributed by atoms with van der Waals surface area (Å²) in [6, 6.07) is 17.4. The predicted molar refractivity (Wildman–Crippen MR) is 122 cm³/mol. The van der Waals surface area contributed by atoms with Crippen LogP contribution in [0.4, 0.5) is 5.69 Å². The molecule has 0 unspecified atom stereocenters. The quantitative estimate of drug-likeness (QED) is 0.367. The number of aryl methyl sites for hydroxylation is 2. The molecule has 2 heterocycles. The Morgan fingerprint density at radius 3 is 2.58 bits per heavy atom. The lowest BCUT2D eigenvalue weighted by Gasteiger charge is -2.06. The van der Waals surface area contributed by atoms with Gasteiger partial charge in [-0.15, -0.1) is 0 Å². The van der Waals surface area contributed by atoms with Crippen LogP contribution in [0.5, 0.6) is 5.75 Å². The summed E-state index contributed by atoms with van der Waals surface area (Å²) in [7, 11) is 0. The summed E-state index contributed by atoms with van der Waals surface area (Å²) in [5, 5.41) is 7.11. The Balaban J connectivity index is 1.33. The van der Waals surface area contributed by atoms with E-state index in [1.807, 2.05) is 50.2 Å². The number of rotatable bonds is 7. The van der Waals surface area contributed by atoms with Crippen LogP contribution >= 0.6 is 15.9 Å². The summed E-state index contributed by atoms with van der Waals surface area (Å²) < 4.78 is 14.2. The SMILES string of the molecule is Cc1cc(C)cc(OCc2ccc(C(=O)Nc3cnn(Cc4ccc(Br)cc4)c3)o2)c1. The van der Waals surface area contributed by atoms with Crippen molar-refractivity contribution in [3.8, 4) is 5.75 Å². The fourth-order valence-electron chi connectivity index (χ4n) is 3.23. The Morgan fingerprint density at radius 1 is 1.10 bits per heavy atom. The topological polar surface area (TPSA) is 69.3 Å². The second-order valence-corrected chi connectivity index (χ2v) is 8.30. The zero-order valence-corrected chi connectivity index (χ0v) is 18.8. The van der Waals surface area contributed by atoms with E-state index in [2.05, 4.69) is 32.4 Å². The number of carbonyl (C=O) groups excluding carboxylic acids is 1. The van der Waals surface area contributed by atoms with Crippen LogP contribution in [0.2, 0.25) is 0 Å². The van der Waals surface area contributed by atoms with Crippen molar-refractivity contribution >= 4 is 27.5 Å². The van der Waals surface area contributed by atoms with Gasteiger partial charge in [-0.3, -0.25) is 9.48 Å². The molecule has 31 heavy (non-hydrogen) atoms. The van der Waals surface area contributed by atoms with Crippen LogP contribution < -0.4 is 10.1 Å². The second-order valence-electron chi connectivity index (χ2n) is 7.39. The summed E-state index contributed by atoms with van der Waals surface area (Å²) in [5.74, 6) is 1.24. The molecule has 158 valence electrons. The Hall–Kier alpha value is -3.32. The van der Waals surface area contributed by atoms with Gasteiger partial charge in [0.1, 0.15) is 18.1 Å². The van der Waals surface area contributed by atoms with E-state index in [1.165, 1.54) is 0 Å². The van der Waals surface area contributed by atoms with E-state index in [0.29, 0.717) is 18.0 Å². The number of furan rings is 1. The minimum Gasteiger partial charge on any atom is -0.486 e. The second kappa shape index (κ2) is 9.22. The number of hydrogen-bond acceptors (Lipinski definition) is 4. The van der Waals surface area contributed by atoms with Crippen molar-refractivity contribution in [2.75, 3.05) is 5.32 Å². The van der Waals surface area contributed by atoms with Crippen molar-refractivity contribution in [3.05, 3.63) is 99.7 Å². The molecule has 0 bridgehead atoms. The normalized spacial score (nSPS) is 10.8. The molecule has 0 aliphatic heterocycles. The third-order valence-corrected chi connectivity index (χ3v) is 5.14. The highest BCUT2D eigenvalue weighted by Gasteiger charge is 2.13. The first kappa shape index (κ1) is 20.9. The highest BCUT2D eigenvalue weighted by Crippen LogP contribution is 2.19. The number of benzene rings is 2. The lowest BCUT2D eigenvalue weighted by atomic mass is 10.1. The zero-order valence-electron chi connectivity index (χ0n) is 17.3. The van der Waals surface area contributed by atoms with Gasteiger partial charge in [-0.1, -0.05) is 34.1 Å². The fourth-order valence-corrected chi connectivity index (χ4v) is 3.50.